The second kappa shape index (κ2) is 6.95. The van der Waals surface area contributed by atoms with E-state index in [4.69, 9.17) is 0 Å². The van der Waals surface area contributed by atoms with Gasteiger partial charge in [-0.25, -0.2) is 4.79 Å². The van der Waals surface area contributed by atoms with E-state index in [1.54, 1.807) is 6.33 Å². The first kappa shape index (κ1) is 17.0. The zero-order chi connectivity index (χ0) is 17.2. The Hall–Kier alpha value is -1.85. The lowest BCUT2D eigenvalue weighted by Gasteiger charge is -2.33. The molecule has 0 bridgehead atoms. The summed E-state index contributed by atoms with van der Waals surface area (Å²) in [5.41, 5.74) is 1.55. The van der Waals surface area contributed by atoms with Crippen molar-refractivity contribution in [2.24, 2.45) is 12.5 Å². The van der Waals surface area contributed by atoms with Crippen LogP contribution in [0, 0.1) is 5.41 Å². The maximum absolute atomic E-state index is 12.5. The molecule has 0 radical (unpaired) electrons. The Kier molecular flexibility index (Phi) is 4.92. The molecule has 1 aliphatic heterocycles. The Bertz CT molecular complexity index is 611. The summed E-state index contributed by atoms with van der Waals surface area (Å²) in [6.07, 6.45) is 9.60. The van der Waals surface area contributed by atoms with Crippen molar-refractivity contribution in [3.63, 3.8) is 0 Å². The molecule has 1 fully saturated rings. The van der Waals surface area contributed by atoms with Crippen LogP contribution >= 0.6 is 0 Å². The Morgan fingerprint density at radius 3 is 2.71 bits per heavy atom. The molecule has 0 unspecified atom stereocenters. The molecule has 0 saturated carbocycles. The van der Waals surface area contributed by atoms with Crippen LogP contribution in [0.25, 0.3) is 0 Å². The highest BCUT2D eigenvalue weighted by molar-refractivity contribution is 5.74. The first-order valence-corrected chi connectivity index (χ1v) is 9.03. The number of allylic oxidation sites excluding steroid dienone is 1. The van der Waals surface area contributed by atoms with Crippen LogP contribution < -0.4 is 5.32 Å². The summed E-state index contributed by atoms with van der Waals surface area (Å²) in [5, 5.41) is 11.3. The lowest BCUT2D eigenvalue weighted by atomic mass is 9.83. The number of likely N-dealkylation sites (tertiary alicyclic amines) is 1. The van der Waals surface area contributed by atoms with Crippen LogP contribution in [-0.2, 0) is 7.05 Å². The van der Waals surface area contributed by atoms with E-state index >= 15 is 0 Å². The average molecular weight is 331 g/mol. The topological polar surface area (TPSA) is 63.1 Å². The first-order valence-electron chi connectivity index (χ1n) is 9.03. The van der Waals surface area contributed by atoms with E-state index in [9.17, 15) is 4.79 Å². The number of nitrogens with zero attached hydrogens (tertiary/aromatic N) is 4. The Morgan fingerprint density at radius 2 is 2.12 bits per heavy atom. The van der Waals surface area contributed by atoms with Gasteiger partial charge in [-0.05, 0) is 32.1 Å². The molecule has 3 rings (SSSR count). The van der Waals surface area contributed by atoms with Crippen LogP contribution in [0.3, 0.4) is 0 Å². The molecule has 1 N–H and O–H groups in total. The number of carbonyl (C=O) groups excluding carboxylic acids is 1. The number of aryl methyl sites for hydroxylation is 1. The third-order valence-electron chi connectivity index (χ3n) is 5.49. The predicted octanol–water partition coefficient (Wildman–Crippen LogP) is 2.84. The van der Waals surface area contributed by atoms with Crippen molar-refractivity contribution >= 4 is 6.03 Å². The number of piperidine rings is 1. The molecule has 2 heterocycles. The van der Waals surface area contributed by atoms with Crippen LogP contribution in [0.15, 0.2) is 18.0 Å². The molecule has 0 atom stereocenters. The molecule has 6 nitrogen and oxygen atoms in total. The van der Waals surface area contributed by atoms with E-state index < -0.39 is 0 Å². The minimum Gasteiger partial charge on any atom is -0.337 e. The van der Waals surface area contributed by atoms with Gasteiger partial charge in [0.1, 0.15) is 12.2 Å². The molecule has 1 aromatic rings. The number of urea groups is 1. The van der Waals surface area contributed by atoms with Gasteiger partial charge >= 0.3 is 6.03 Å². The van der Waals surface area contributed by atoms with E-state index in [0.717, 1.165) is 31.8 Å². The normalized spacial score (nSPS) is 19.5. The zero-order valence-corrected chi connectivity index (χ0v) is 15.1. The number of hydrogen-bond donors (Lipinski definition) is 1. The van der Waals surface area contributed by atoms with E-state index in [1.165, 1.54) is 24.8 Å². The van der Waals surface area contributed by atoms with E-state index in [-0.39, 0.29) is 11.4 Å². The van der Waals surface area contributed by atoms with Gasteiger partial charge < -0.3 is 14.8 Å². The van der Waals surface area contributed by atoms with Crippen LogP contribution in [0.4, 0.5) is 4.79 Å². The number of amides is 2. The summed E-state index contributed by atoms with van der Waals surface area (Å²) < 4.78 is 1.98. The van der Waals surface area contributed by atoms with Crippen LogP contribution in [0.1, 0.15) is 57.7 Å². The summed E-state index contributed by atoms with van der Waals surface area (Å²) in [4.78, 5) is 14.4. The number of hydrogen-bond acceptors (Lipinski definition) is 3. The highest BCUT2D eigenvalue weighted by Crippen LogP contribution is 2.34. The third kappa shape index (κ3) is 3.62. The lowest BCUT2D eigenvalue weighted by molar-refractivity contribution is 0.176. The van der Waals surface area contributed by atoms with Gasteiger partial charge in [0.15, 0.2) is 0 Å². The van der Waals surface area contributed by atoms with Crippen LogP contribution in [-0.4, -0.2) is 45.3 Å². The molecule has 6 heteroatoms. The largest absolute Gasteiger partial charge is 0.337 e. The predicted molar refractivity (Wildman–Crippen MR) is 93.7 cm³/mol. The zero-order valence-electron chi connectivity index (χ0n) is 15.1. The number of carbonyl (C=O) groups is 1. The highest BCUT2D eigenvalue weighted by atomic mass is 16.2. The molecule has 2 amide bonds. The highest BCUT2D eigenvalue weighted by Gasteiger charge is 2.29. The van der Waals surface area contributed by atoms with Gasteiger partial charge in [0.05, 0.1) is 0 Å². The Balaban J connectivity index is 1.48. The fourth-order valence-corrected chi connectivity index (χ4v) is 3.81. The summed E-state index contributed by atoms with van der Waals surface area (Å²) >= 11 is 0. The smallest absolute Gasteiger partial charge is 0.317 e. The van der Waals surface area contributed by atoms with Gasteiger partial charge in [0, 0.05) is 38.0 Å². The molecule has 0 spiro atoms. The third-order valence-corrected chi connectivity index (χ3v) is 5.49. The summed E-state index contributed by atoms with van der Waals surface area (Å²) in [5.74, 6) is 1.44. The molecule has 24 heavy (non-hydrogen) atoms. The number of rotatable bonds is 4. The fourth-order valence-electron chi connectivity index (χ4n) is 3.81. The summed E-state index contributed by atoms with van der Waals surface area (Å²) in [7, 11) is 1.98. The van der Waals surface area contributed by atoms with E-state index in [1.807, 2.05) is 16.5 Å². The van der Waals surface area contributed by atoms with Crippen molar-refractivity contribution in [3.8, 4) is 0 Å². The van der Waals surface area contributed by atoms with Crippen LogP contribution in [0.5, 0.6) is 0 Å². The fraction of sp³-hybridized carbons (Fsp3) is 0.722. The number of aromatic nitrogens is 3. The summed E-state index contributed by atoms with van der Waals surface area (Å²) in [6, 6.07) is 0.0677. The Morgan fingerprint density at radius 1 is 1.38 bits per heavy atom. The van der Waals surface area contributed by atoms with Gasteiger partial charge in [-0.2, -0.15) is 0 Å². The van der Waals surface area contributed by atoms with Gasteiger partial charge in [-0.3, -0.25) is 0 Å². The van der Waals surface area contributed by atoms with Crippen molar-refractivity contribution in [2.45, 2.75) is 51.9 Å². The van der Waals surface area contributed by atoms with Gasteiger partial charge in [0.2, 0.25) is 0 Å². The van der Waals surface area contributed by atoms with Gasteiger partial charge in [-0.1, -0.05) is 25.5 Å². The minimum absolute atomic E-state index is 0.0586. The SMILES string of the molecule is Cn1cnnc1C1CCN(C(=O)NCC(C)(C)C2=CCCC2)CC1. The molecular weight excluding hydrogens is 302 g/mol. The molecule has 0 aromatic carbocycles. The van der Waals surface area contributed by atoms with Gasteiger partial charge in [0.25, 0.3) is 0 Å². The van der Waals surface area contributed by atoms with Crippen molar-refractivity contribution in [1.29, 1.82) is 0 Å². The second-order valence-electron chi connectivity index (χ2n) is 7.73. The summed E-state index contributed by atoms with van der Waals surface area (Å²) in [6.45, 7) is 6.73. The average Bonchev–Trinajstić information content (AvgIpc) is 3.25. The van der Waals surface area contributed by atoms with Crippen molar-refractivity contribution in [2.75, 3.05) is 19.6 Å². The van der Waals surface area contributed by atoms with Crippen molar-refractivity contribution < 1.29 is 4.79 Å². The monoisotopic (exact) mass is 331 g/mol. The van der Waals surface area contributed by atoms with Crippen molar-refractivity contribution in [1.82, 2.24) is 25.0 Å². The van der Waals surface area contributed by atoms with Crippen molar-refractivity contribution in [3.05, 3.63) is 23.8 Å². The molecule has 1 aromatic heterocycles. The molecular formula is C18H29N5O. The maximum Gasteiger partial charge on any atom is 0.317 e. The van der Waals surface area contributed by atoms with E-state index in [2.05, 4.69) is 35.4 Å². The first-order chi connectivity index (χ1) is 11.5. The lowest BCUT2D eigenvalue weighted by Crippen LogP contribution is -2.46. The second-order valence-corrected chi connectivity index (χ2v) is 7.73. The van der Waals surface area contributed by atoms with Gasteiger partial charge in [-0.15, -0.1) is 10.2 Å². The minimum atomic E-state index is 0.0586. The molecule has 2 aliphatic rings. The van der Waals surface area contributed by atoms with Crippen LogP contribution in [0.2, 0.25) is 0 Å². The van der Waals surface area contributed by atoms with E-state index in [0.29, 0.717) is 12.5 Å². The quantitative estimate of drug-likeness (QED) is 0.863. The molecule has 1 saturated heterocycles. The Labute approximate surface area is 144 Å². The molecule has 132 valence electrons. The number of nitrogens with one attached hydrogen (secondary N) is 1. The molecule has 1 aliphatic carbocycles. The maximum atomic E-state index is 12.5. The standard InChI is InChI=1S/C18H29N5O/c1-18(2,15-6-4-5-7-15)12-19-17(24)23-10-8-14(9-11-23)16-21-20-13-22(16)3/h6,13-14H,4-5,7-12H2,1-3H3,(H,19,24).